The first kappa shape index (κ1) is 14.7. The van der Waals surface area contributed by atoms with Gasteiger partial charge in [-0.2, -0.15) is 0 Å². The second-order valence-electron chi connectivity index (χ2n) is 5.10. The third kappa shape index (κ3) is 2.72. The van der Waals surface area contributed by atoms with Gasteiger partial charge in [0, 0.05) is 11.5 Å². The summed E-state index contributed by atoms with van der Waals surface area (Å²) in [4.78, 5) is 11.7. The summed E-state index contributed by atoms with van der Waals surface area (Å²) in [7, 11) is 1.42. The van der Waals surface area contributed by atoms with Crippen molar-refractivity contribution in [2.75, 3.05) is 7.11 Å². The summed E-state index contributed by atoms with van der Waals surface area (Å²) in [6.07, 6.45) is 0.308. The molecule has 2 unspecified atom stereocenters. The van der Waals surface area contributed by atoms with Crippen LogP contribution in [-0.4, -0.2) is 19.1 Å². The molecule has 0 aromatic heterocycles. The van der Waals surface area contributed by atoms with Gasteiger partial charge < -0.3 is 10.5 Å². The summed E-state index contributed by atoms with van der Waals surface area (Å²) < 4.78 is 4.83. The van der Waals surface area contributed by atoms with E-state index in [-0.39, 0.29) is 23.3 Å². The fourth-order valence-corrected chi connectivity index (χ4v) is 2.65. The molecule has 0 saturated heterocycles. The van der Waals surface area contributed by atoms with Crippen LogP contribution in [0.5, 0.6) is 0 Å². The van der Waals surface area contributed by atoms with Crippen molar-refractivity contribution in [1.29, 1.82) is 0 Å². The molecule has 0 amide bonds. The molecule has 1 aromatic rings. The van der Waals surface area contributed by atoms with Crippen LogP contribution in [0.15, 0.2) is 30.3 Å². The van der Waals surface area contributed by atoms with Crippen molar-refractivity contribution < 1.29 is 9.53 Å². The standard InChI is InChI=1S/C15H23NO2/c1-11(2)15(12(3)16,10-14(17)18-4)13-8-6-5-7-9-13/h5-9,11-12H,10,16H2,1-4H3. The van der Waals surface area contributed by atoms with Gasteiger partial charge >= 0.3 is 5.97 Å². The van der Waals surface area contributed by atoms with Gasteiger partial charge in [-0.15, -0.1) is 0 Å². The Hall–Kier alpha value is -1.35. The Morgan fingerprint density at radius 3 is 2.22 bits per heavy atom. The first-order valence-corrected chi connectivity index (χ1v) is 6.33. The second kappa shape index (κ2) is 6.01. The summed E-state index contributed by atoms with van der Waals surface area (Å²) in [5.74, 6) is 0.0313. The second-order valence-corrected chi connectivity index (χ2v) is 5.10. The first-order valence-electron chi connectivity index (χ1n) is 6.33. The van der Waals surface area contributed by atoms with E-state index in [0.717, 1.165) is 5.56 Å². The van der Waals surface area contributed by atoms with Crippen LogP contribution < -0.4 is 5.73 Å². The van der Waals surface area contributed by atoms with E-state index >= 15 is 0 Å². The van der Waals surface area contributed by atoms with Crippen LogP contribution in [0.2, 0.25) is 0 Å². The number of hydrogen-bond acceptors (Lipinski definition) is 3. The van der Waals surface area contributed by atoms with Gasteiger partial charge in [-0.25, -0.2) is 0 Å². The first-order chi connectivity index (χ1) is 8.45. The number of benzene rings is 1. The Labute approximate surface area is 109 Å². The highest BCUT2D eigenvalue weighted by Gasteiger charge is 2.41. The van der Waals surface area contributed by atoms with Gasteiger partial charge in [-0.3, -0.25) is 4.79 Å². The zero-order chi connectivity index (χ0) is 13.8. The van der Waals surface area contributed by atoms with Crippen molar-refractivity contribution >= 4 is 5.97 Å². The van der Waals surface area contributed by atoms with Crippen LogP contribution in [0.4, 0.5) is 0 Å². The molecule has 0 fully saturated rings. The number of methoxy groups -OCH3 is 1. The van der Waals surface area contributed by atoms with Crippen molar-refractivity contribution in [1.82, 2.24) is 0 Å². The molecule has 0 bridgehead atoms. The number of hydrogen-bond donors (Lipinski definition) is 1. The van der Waals surface area contributed by atoms with E-state index in [1.165, 1.54) is 7.11 Å². The Kier molecular flexibility index (Phi) is 4.91. The van der Waals surface area contributed by atoms with Gasteiger partial charge in [0.2, 0.25) is 0 Å². The molecule has 0 heterocycles. The minimum absolute atomic E-state index is 0.126. The summed E-state index contributed by atoms with van der Waals surface area (Å²) in [5.41, 5.74) is 6.92. The fourth-order valence-electron chi connectivity index (χ4n) is 2.65. The van der Waals surface area contributed by atoms with Crippen molar-refractivity contribution in [3.8, 4) is 0 Å². The molecule has 0 aliphatic heterocycles. The van der Waals surface area contributed by atoms with Crippen LogP contribution in [0.1, 0.15) is 32.8 Å². The highest BCUT2D eigenvalue weighted by atomic mass is 16.5. The average Bonchev–Trinajstić information content (AvgIpc) is 2.35. The highest BCUT2D eigenvalue weighted by Crippen LogP contribution is 2.38. The third-order valence-corrected chi connectivity index (χ3v) is 3.82. The Balaban J connectivity index is 3.27. The molecule has 1 rings (SSSR count). The molecule has 2 atom stereocenters. The maximum atomic E-state index is 11.7. The minimum atomic E-state index is -0.381. The molecular formula is C15H23NO2. The van der Waals surface area contributed by atoms with Gasteiger partial charge in [0.05, 0.1) is 13.5 Å². The van der Waals surface area contributed by atoms with Crippen molar-refractivity contribution in [2.24, 2.45) is 11.7 Å². The van der Waals surface area contributed by atoms with Gasteiger partial charge in [0.15, 0.2) is 0 Å². The average molecular weight is 249 g/mol. The molecule has 0 radical (unpaired) electrons. The van der Waals surface area contributed by atoms with Crippen molar-refractivity contribution in [2.45, 2.75) is 38.6 Å². The Morgan fingerprint density at radius 2 is 1.83 bits per heavy atom. The lowest BCUT2D eigenvalue weighted by Crippen LogP contribution is -2.49. The number of carbonyl (C=O) groups excluding carboxylic acids is 1. The molecule has 0 aliphatic rings. The molecule has 0 aliphatic carbocycles. The van der Waals surface area contributed by atoms with E-state index in [1.54, 1.807) is 0 Å². The lowest BCUT2D eigenvalue weighted by atomic mass is 9.65. The predicted molar refractivity (Wildman–Crippen MR) is 73.2 cm³/mol. The quantitative estimate of drug-likeness (QED) is 0.816. The molecule has 3 nitrogen and oxygen atoms in total. The lowest BCUT2D eigenvalue weighted by molar-refractivity contribution is -0.143. The monoisotopic (exact) mass is 249 g/mol. The lowest BCUT2D eigenvalue weighted by Gasteiger charge is -2.41. The molecule has 1 aromatic carbocycles. The van der Waals surface area contributed by atoms with E-state index in [9.17, 15) is 4.79 Å². The van der Waals surface area contributed by atoms with Crippen molar-refractivity contribution in [3.05, 3.63) is 35.9 Å². The SMILES string of the molecule is COC(=O)CC(c1ccccc1)(C(C)C)C(C)N. The van der Waals surface area contributed by atoms with Gasteiger partial charge in [0.25, 0.3) is 0 Å². The zero-order valence-corrected chi connectivity index (χ0v) is 11.6. The maximum Gasteiger partial charge on any atom is 0.306 e. The number of carbonyl (C=O) groups is 1. The summed E-state index contributed by atoms with van der Waals surface area (Å²) in [5, 5.41) is 0. The van der Waals surface area contributed by atoms with Gasteiger partial charge in [-0.1, -0.05) is 44.2 Å². The van der Waals surface area contributed by atoms with E-state index in [4.69, 9.17) is 10.5 Å². The van der Waals surface area contributed by atoms with E-state index in [2.05, 4.69) is 13.8 Å². The Bertz CT molecular complexity index is 377. The molecule has 0 spiro atoms. The predicted octanol–water partition coefficient (Wildman–Crippen LogP) is 2.49. The Morgan fingerprint density at radius 1 is 1.28 bits per heavy atom. The molecular weight excluding hydrogens is 226 g/mol. The van der Waals surface area contributed by atoms with Crippen LogP contribution in [0, 0.1) is 5.92 Å². The van der Waals surface area contributed by atoms with Crippen LogP contribution in [-0.2, 0) is 14.9 Å². The topological polar surface area (TPSA) is 52.3 Å². The van der Waals surface area contributed by atoms with E-state index in [1.807, 2.05) is 37.3 Å². The molecule has 18 heavy (non-hydrogen) atoms. The van der Waals surface area contributed by atoms with E-state index < -0.39 is 0 Å². The molecule has 0 saturated carbocycles. The number of esters is 1. The van der Waals surface area contributed by atoms with Gasteiger partial charge in [0.1, 0.15) is 0 Å². The normalized spacial score (nSPS) is 16.1. The highest BCUT2D eigenvalue weighted by molar-refractivity contribution is 5.71. The number of ether oxygens (including phenoxy) is 1. The van der Waals surface area contributed by atoms with Gasteiger partial charge in [-0.05, 0) is 18.4 Å². The molecule has 3 heteroatoms. The fraction of sp³-hybridized carbons (Fsp3) is 0.533. The largest absolute Gasteiger partial charge is 0.469 e. The smallest absolute Gasteiger partial charge is 0.306 e. The number of nitrogens with two attached hydrogens (primary N) is 1. The third-order valence-electron chi connectivity index (χ3n) is 3.82. The molecule has 2 N–H and O–H groups in total. The van der Waals surface area contributed by atoms with Crippen LogP contribution in [0.25, 0.3) is 0 Å². The zero-order valence-electron chi connectivity index (χ0n) is 11.6. The molecule has 100 valence electrons. The maximum absolute atomic E-state index is 11.7. The summed E-state index contributed by atoms with van der Waals surface area (Å²) in [6.45, 7) is 6.15. The van der Waals surface area contributed by atoms with Crippen molar-refractivity contribution in [3.63, 3.8) is 0 Å². The summed E-state index contributed by atoms with van der Waals surface area (Å²) in [6, 6.07) is 9.86. The van der Waals surface area contributed by atoms with Crippen LogP contribution >= 0.6 is 0 Å². The number of rotatable bonds is 5. The summed E-state index contributed by atoms with van der Waals surface area (Å²) >= 11 is 0. The van der Waals surface area contributed by atoms with Crippen LogP contribution in [0.3, 0.4) is 0 Å². The minimum Gasteiger partial charge on any atom is -0.469 e. The van der Waals surface area contributed by atoms with E-state index in [0.29, 0.717) is 6.42 Å².